The van der Waals surface area contributed by atoms with E-state index in [1.807, 2.05) is 6.07 Å². The Morgan fingerprint density at radius 2 is 1.88 bits per heavy atom. The van der Waals surface area contributed by atoms with Gasteiger partial charge in [0.1, 0.15) is 0 Å². The SMILES string of the molecule is CCCCC=CCC1CC2CC(C1NS(=O)(=O)c1ccccc1)C2(C)C. The standard InChI is InChI=1S/C22H33NO2S/c1-4-5-6-7-9-12-17-15-18-16-20(22(18,2)3)21(17)23-26(24,25)19-13-10-8-11-14-19/h7-11,13-14,17-18,20-21,23H,4-6,12,15-16H2,1-3H3. The van der Waals surface area contributed by atoms with Gasteiger partial charge < -0.3 is 0 Å². The van der Waals surface area contributed by atoms with E-state index in [1.165, 1.54) is 12.8 Å². The molecule has 4 atom stereocenters. The summed E-state index contributed by atoms with van der Waals surface area (Å²) < 4.78 is 28.9. The maximum absolute atomic E-state index is 12.9. The first-order valence-electron chi connectivity index (χ1n) is 10.1. The summed E-state index contributed by atoms with van der Waals surface area (Å²) in [6.45, 7) is 6.82. The van der Waals surface area contributed by atoms with Crippen molar-refractivity contribution in [2.75, 3.05) is 0 Å². The highest BCUT2D eigenvalue weighted by molar-refractivity contribution is 7.89. The third-order valence-electron chi connectivity index (χ3n) is 6.75. The first kappa shape index (κ1) is 19.6. The van der Waals surface area contributed by atoms with E-state index in [4.69, 9.17) is 0 Å². The van der Waals surface area contributed by atoms with Gasteiger partial charge in [-0.3, -0.25) is 0 Å². The molecule has 1 N–H and O–H groups in total. The smallest absolute Gasteiger partial charge is 0.207 e. The van der Waals surface area contributed by atoms with Crippen molar-refractivity contribution in [2.24, 2.45) is 23.2 Å². The Bertz CT molecular complexity index is 724. The van der Waals surface area contributed by atoms with Crippen LogP contribution in [-0.4, -0.2) is 14.5 Å². The molecule has 3 nitrogen and oxygen atoms in total. The summed E-state index contributed by atoms with van der Waals surface area (Å²) in [5.74, 6) is 1.58. The highest BCUT2D eigenvalue weighted by Crippen LogP contribution is 2.61. The Morgan fingerprint density at radius 3 is 2.54 bits per heavy atom. The molecule has 0 aliphatic heterocycles. The van der Waals surface area contributed by atoms with Crippen LogP contribution in [0.1, 0.15) is 59.3 Å². The molecule has 1 aromatic rings. The van der Waals surface area contributed by atoms with Crippen LogP contribution in [0.4, 0.5) is 0 Å². The summed E-state index contributed by atoms with van der Waals surface area (Å²) >= 11 is 0. The average Bonchev–Trinajstić information content (AvgIpc) is 2.62. The monoisotopic (exact) mass is 375 g/mol. The van der Waals surface area contributed by atoms with Crippen molar-refractivity contribution < 1.29 is 8.42 Å². The quantitative estimate of drug-likeness (QED) is 0.504. The van der Waals surface area contributed by atoms with E-state index in [0.717, 1.165) is 31.6 Å². The topological polar surface area (TPSA) is 46.2 Å². The molecular formula is C22H33NO2S. The molecule has 0 saturated heterocycles. The fourth-order valence-corrected chi connectivity index (χ4v) is 6.25. The highest BCUT2D eigenvalue weighted by atomic mass is 32.2. The minimum atomic E-state index is -3.46. The van der Waals surface area contributed by atoms with Crippen molar-refractivity contribution in [2.45, 2.75) is 70.2 Å². The minimum absolute atomic E-state index is 0.0380. The lowest BCUT2D eigenvalue weighted by atomic mass is 9.45. The molecule has 3 aliphatic carbocycles. The van der Waals surface area contributed by atoms with Crippen LogP contribution in [0.5, 0.6) is 0 Å². The number of hydrogen-bond donors (Lipinski definition) is 1. The summed E-state index contributed by atoms with van der Waals surface area (Å²) in [5.41, 5.74) is 0.242. The average molecular weight is 376 g/mol. The molecule has 4 unspecified atom stereocenters. The molecule has 0 radical (unpaired) electrons. The van der Waals surface area contributed by atoms with E-state index in [0.29, 0.717) is 16.7 Å². The molecule has 26 heavy (non-hydrogen) atoms. The van der Waals surface area contributed by atoms with E-state index >= 15 is 0 Å². The Balaban J connectivity index is 1.74. The number of hydrogen-bond acceptors (Lipinski definition) is 2. The molecule has 1 aromatic carbocycles. The first-order chi connectivity index (χ1) is 12.4. The van der Waals surface area contributed by atoms with Crippen LogP contribution in [0.2, 0.25) is 0 Å². The van der Waals surface area contributed by atoms with Crippen molar-refractivity contribution in [1.29, 1.82) is 0 Å². The first-order valence-corrected chi connectivity index (χ1v) is 11.6. The number of allylic oxidation sites excluding steroid dienone is 2. The molecule has 0 amide bonds. The van der Waals surface area contributed by atoms with Crippen LogP contribution in [-0.2, 0) is 10.0 Å². The van der Waals surface area contributed by atoms with Gasteiger partial charge in [-0.05, 0) is 61.0 Å². The largest absolute Gasteiger partial charge is 0.240 e. The fourth-order valence-electron chi connectivity index (χ4n) is 4.89. The summed E-state index contributed by atoms with van der Waals surface area (Å²) in [7, 11) is -3.46. The van der Waals surface area contributed by atoms with Gasteiger partial charge in [0.25, 0.3) is 0 Å². The molecule has 4 heteroatoms. The van der Waals surface area contributed by atoms with Crippen molar-refractivity contribution >= 4 is 10.0 Å². The van der Waals surface area contributed by atoms with Gasteiger partial charge >= 0.3 is 0 Å². The molecule has 3 saturated carbocycles. The lowest BCUT2D eigenvalue weighted by Gasteiger charge is -2.62. The maximum Gasteiger partial charge on any atom is 0.240 e. The van der Waals surface area contributed by atoms with Crippen molar-refractivity contribution in [1.82, 2.24) is 4.72 Å². The van der Waals surface area contributed by atoms with Crippen molar-refractivity contribution in [3.63, 3.8) is 0 Å². The van der Waals surface area contributed by atoms with Crippen LogP contribution < -0.4 is 4.72 Å². The lowest BCUT2D eigenvalue weighted by Crippen LogP contribution is -2.63. The van der Waals surface area contributed by atoms with E-state index in [-0.39, 0.29) is 11.5 Å². The van der Waals surface area contributed by atoms with Crippen molar-refractivity contribution in [3.8, 4) is 0 Å². The minimum Gasteiger partial charge on any atom is -0.207 e. The molecule has 4 rings (SSSR count). The Kier molecular flexibility index (Phi) is 5.93. The Morgan fingerprint density at radius 1 is 1.15 bits per heavy atom. The van der Waals surface area contributed by atoms with Gasteiger partial charge in [0, 0.05) is 6.04 Å². The fraction of sp³-hybridized carbons (Fsp3) is 0.636. The summed E-state index contributed by atoms with van der Waals surface area (Å²) in [4.78, 5) is 0.372. The van der Waals surface area contributed by atoms with Crippen LogP contribution >= 0.6 is 0 Å². The number of rotatable bonds is 8. The molecular weight excluding hydrogens is 342 g/mol. The number of nitrogens with one attached hydrogen (secondary N) is 1. The second-order valence-corrected chi connectivity index (χ2v) is 10.4. The van der Waals surface area contributed by atoms with E-state index < -0.39 is 10.0 Å². The van der Waals surface area contributed by atoms with Crippen LogP contribution in [0.15, 0.2) is 47.4 Å². The number of benzene rings is 1. The molecule has 0 heterocycles. The second-order valence-electron chi connectivity index (χ2n) is 8.67. The number of unbranched alkanes of at least 4 members (excludes halogenated alkanes) is 2. The maximum atomic E-state index is 12.9. The molecule has 0 spiro atoms. The molecule has 3 fully saturated rings. The van der Waals surface area contributed by atoms with E-state index in [9.17, 15) is 8.42 Å². The van der Waals surface area contributed by atoms with Gasteiger partial charge in [0.2, 0.25) is 10.0 Å². The molecule has 3 aliphatic rings. The van der Waals surface area contributed by atoms with Gasteiger partial charge in [0.15, 0.2) is 0 Å². The summed E-state index contributed by atoms with van der Waals surface area (Å²) in [5, 5.41) is 0. The summed E-state index contributed by atoms with van der Waals surface area (Å²) in [6, 6.07) is 8.82. The number of fused-ring (bicyclic) bond motifs is 2. The van der Waals surface area contributed by atoms with Crippen LogP contribution in [0.3, 0.4) is 0 Å². The molecule has 0 aromatic heterocycles. The normalized spacial score (nSPS) is 30.3. The summed E-state index contributed by atoms with van der Waals surface area (Å²) in [6.07, 6.45) is 11.4. The van der Waals surface area contributed by atoms with Crippen molar-refractivity contribution in [3.05, 3.63) is 42.5 Å². The van der Waals surface area contributed by atoms with Gasteiger partial charge in [-0.15, -0.1) is 0 Å². The zero-order valence-corrected chi connectivity index (χ0v) is 17.1. The zero-order valence-electron chi connectivity index (χ0n) is 16.3. The van der Waals surface area contributed by atoms with Gasteiger partial charge in [-0.2, -0.15) is 0 Å². The van der Waals surface area contributed by atoms with Gasteiger partial charge in [0.05, 0.1) is 4.90 Å². The van der Waals surface area contributed by atoms with E-state index in [1.54, 1.807) is 24.3 Å². The highest BCUT2D eigenvalue weighted by Gasteiger charge is 2.58. The Hall–Kier alpha value is -1.13. The Labute approximate surface area is 159 Å². The van der Waals surface area contributed by atoms with Crippen LogP contribution in [0.25, 0.3) is 0 Å². The second kappa shape index (κ2) is 7.85. The van der Waals surface area contributed by atoms with Gasteiger partial charge in [-0.25, -0.2) is 13.1 Å². The predicted molar refractivity (Wildman–Crippen MR) is 107 cm³/mol. The van der Waals surface area contributed by atoms with Gasteiger partial charge in [-0.1, -0.05) is 64.0 Å². The predicted octanol–water partition coefficient (Wildman–Crippen LogP) is 5.15. The zero-order chi connectivity index (χ0) is 18.8. The molecule has 2 bridgehead atoms. The third-order valence-corrected chi connectivity index (χ3v) is 8.22. The third kappa shape index (κ3) is 3.91. The number of sulfonamides is 1. The lowest BCUT2D eigenvalue weighted by molar-refractivity contribution is -0.108. The molecule has 144 valence electrons. The van der Waals surface area contributed by atoms with E-state index in [2.05, 4.69) is 37.6 Å². The van der Waals surface area contributed by atoms with Crippen LogP contribution in [0, 0.1) is 23.2 Å².